The molecule has 0 aromatic heterocycles. The lowest BCUT2D eigenvalue weighted by Crippen LogP contribution is -2.13. The predicted molar refractivity (Wildman–Crippen MR) is 60.1 cm³/mol. The SMILES string of the molecule is CN(C)Cc1[c]ccc(CN(C)C)c1. The number of rotatable bonds is 4. The van der Waals surface area contributed by atoms with Gasteiger partial charge < -0.3 is 9.80 Å². The van der Waals surface area contributed by atoms with Gasteiger partial charge in [0, 0.05) is 13.1 Å². The van der Waals surface area contributed by atoms with Crippen LogP contribution in [-0.4, -0.2) is 38.0 Å². The standard InChI is InChI=1S/C12H19N2/c1-13(2)9-11-6-5-7-12(8-11)10-14(3)4/h5-6,8H,9-10H2,1-4H3. The molecule has 0 heterocycles. The Bertz CT molecular complexity index is 254. The Morgan fingerprint density at radius 3 is 2.29 bits per heavy atom. The smallest absolute Gasteiger partial charge is 0.0233 e. The average molecular weight is 191 g/mol. The molecule has 0 atom stereocenters. The van der Waals surface area contributed by atoms with E-state index < -0.39 is 0 Å². The van der Waals surface area contributed by atoms with Gasteiger partial charge in [-0.2, -0.15) is 0 Å². The summed E-state index contributed by atoms with van der Waals surface area (Å²) in [6.07, 6.45) is 0. The van der Waals surface area contributed by atoms with Gasteiger partial charge in [-0.25, -0.2) is 0 Å². The molecule has 2 nitrogen and oxygen atoms in total. The molecule has 0 fully saturated rings. The molecule has 0 saturated carbocycles. The van der Waals surface area contributed by atoms with Crippen LogP contribution in [0.3, 0.4) is 0 Å². The maximum atomic E-state index is 3.25. The summed E-state index contributed by atoms with van der Waals surface area (Å²) < 4.78 is 0. The van der Waals surface area contributed by atoms with Crippen molar-refractivity contribution in [2.45, 2.75) is 13.1 Å². The second-order valence-electron chi connectivity index (χ2n) is 4.20. The van der Waals surface area contributed by atoms with Crippen LogP contribution in [0.5, 0.6) is 0 Å². The Morgan fingerprint density at radius 1 is 1.07 bits per heavy atom. The fourth-order valence-corrected chi connectivity index (χ4v) is 1.46. The molecule has 0 N–H and O–H groups in total. The van der Waals surface area contributed by atoms with Gasteiger partial charge in [-0.1, -0.05) is 18.2 Å². The lowest BCUT2D eigenvalue weighted by Gasteiger charge is -2.13. The molecule has 14 heavy (non-hydrogen) atoms. The van der Waals surface area contributed by atoms with Crippen molar-refractivity contribution in [3.05, 3.63) is 35.4 Å². The topological polar surface area (TPSA) is 6.48 Å². The summed E-state index contributed by atoms with van der Waals surface area (Å²) in [4.78, 5) is 4.33. The van der Waals surface area contributed by atoms with Crippen molar-refractivity contribution in [3.8, 4) is 0 Å². The molecular formula is C12H19N2. The summed E-state index contributed by atoms with van der Waals surface area (Å²) in [5.74, 6) is 0. The summed E-state index contributed by atoms with van der Waals surface area (Å²) in [6, 6.07) is 9.61. The minimum absolute atomic E-state index is 0.960. The molecule has 1 aromatic carbocycles. The largest absolute Gasteiger partial charge is 0.305 e. The van der Waals surface area contributed by atoms with Crippen LogP contribution >= 0.6 is 0 Å². The number of hydrogen-bond donors (Lipinski definition) is 0. The van der Waals surface area contributed by atoms with Gasteiger partial charge in [-0.05, 0) is 45.4 Å². The van der Waals surface area contributed by atoms with Gasteiger partial charge in [0.05, 0.1) is 0 Å². The van der Waals surface area contributed by atoms with E-state index in [9.17, 15) is 0 Å². The van der Waals surface area contributed by atoms with Gasteiger partial charge in [0.15, 0.2) is 0 Å². The quantitative estimate of drug-likeness (QED) is 0.713. The molecule has 77 valence electrons. The molecule has 0 saturated heterocycles. The van der Waals surface area contributed by atoms with Gasteiger partial charge in [-0.15, -0.1) is 0 Å². The zero-order chi connectivity index (χ0) is 10.6. The van der Waals surface area contributed by atoms with Crippen molar-refractivity contribution in [2.24, 2.45) is 0 Å². The first-order valence-corrected chi connectivity index (χ1v) is 4.87. The van der Waals surface area contributed by atoms with Crippen LogP contribution in [0.4, 0.5) is 0 Å². The van der Waals surface area contributed by atoms with E-state index >= 15 is 0 Å². The Hall–Kier alpha value is -0.860. The third-order valence-electron chi connectivity index (χ3n) is 1.91. The Balaban J connectivity index is 2.68. The highest BCUT2D eigenvalue weighted by Crippen LogP contribution is 2.07. The maximum Gasteiger partial charge on any atom is 0.0233 e. The first-order chi connectivity index (χ1) is 6.58. The molecule has 1 rings (SSSR count). The lowest BCUT2D eigenvalue weighted by atomic mass is 10.1. The van der Waals surface area contributed by atoms with Crippen molar-refractivity contribution in [1.29, 1.82) is 0 Å². The van der Waals surface area contributed by atoms with Gasteiger partial charge in [-0.3, -0.25) is 0 Å². The van der Waals surface area contributed by atoms with E-state index in [2.05, 4.69) is 56.2 Å². The van der Waals surface area contributed by atoms with Crippen molar-refractivity contribution < 1.29 is 0 Å². The first kappa shape index (κ1) is 11.2. The number of hydrogen-bond acceptors (Lipinski definition) is 2. The summed E-state index contributed by atoms with van der Waals surface area (Å²) in [7, 11) is 8.32. The van der Waals surface area contributed by atoms with Gasteiger partial charge in [0.1, 0.15) is 0 Å². The minimum atomic E-state index is 0.960. The Labute approximate surface area is 87.1 Å². The van der Waals surface area contributed by atoms with E-state index in [1.807, 2.05) is 6.07 Å². The van der Waals surface area contributed by atoms with E-state index in [-0.39, 0.29) is 0 Å². The molecule has 1 aromatic rings. The van der Waals surface area contributed by atoms with E-state index in [1.165, 1.54) is 11.1 Å². The highest BCUT2D eigenvalue weighted by molar-refractivity contribution is 5.22. The van der Waals surface area contributed by atoms with Crippen LogP contribution in [0, 0.1) is 6.07 Å². The van der Waals surface area contributed by atoms with E-state index in [4.69, 9.17) is 0 Å². The monoisotopic (exact) mass is 191 g/mol. The maximum absolute atomic E-state index is 3.25. The van der Waals surface area contributed by atoms with Crippen molar-refractivity contribution in [2.75, 3.05) is 28.2 Å². The molecule has 0 unspecified atom stereocenters. The van der Waals surface area contributed by atoms with Crippen LogP contribution < -0.4 is 0 Å². The molecule has 0 bridgehead atoms. The lowest BCUT2D eigenvalue weighted by molar-refractivity contribution is 0.395. The molecule has 0 aliphatic carbocycles. The van der Waals surface area contributed by atoms with Crippen molar-refractivity contribution in [3.63, 3.8) is 0 Å². The van der Waals surface area contributed by atoms with Crippen molar-refractivity contribution in [1.82, 2.24) is 9.80 Å². The fourth-order valence-electron chi connectivity index (χ4n) is 1.46. The Morgan fingerprint density at radius 2 is 1.71 bits per heavy atom. The molecule has 0 spiro atoms. The summed E-state index contributed by atoms with van der Waals surface area (Å²) in [5, 5.41) is 0. The van der Waals surface area contributed by atoms with Crippen LogP contribution in [0.2, 0.25) is 0 Å². The second-order valence-corrected chi connectivity index (χ2v) is 4.20. The number of nitrogens with zero attached hydrogens (tertiary/aromatic N) is 2. The Kier molecular flexibility index (Phi) is 4.11. The summed E-state index contributed by atoms with van der Waals surface area (Å²) in [6.45, 7) is 1.95. The highest BCUT2D eigenvalue weighted by Gasteiger charge is 1.98. The summed E-state index contributed by atoms with van der Waals surface area (Å²) >= 11 is 0. The van der Waals surface area contributed by atoms with Crippen molar-refractivity contribution >= 4 is 0 Å². The highest BCUT2D eigenvalue weighted by atomic mass is 15.1. The molecular weight excluding hydrogens is 172 g/mol. The normalized spacial score (nSPS) is 11.3. The van der Waals surface area contributed by atoms with Gasteiger partial charge in [0.2, 0.25) is 0 Å². The third kappa shape index (κ3) is 3.90. The number of benzene rings is 1. The summed E-state index contributed by atoms with van der Waals surface area (Å²) in [5.41, 5.74) is 2.61. The van der Waals surface area contributed by atoms with Crippen LogP contribution in [0.25, 0.3) is 0 Å². The predicted octanol–water partition coefficient (Wildman–Crippen LogP) is 1.61. The molecule has 1 radical (unpaired) electrons. The van der Waals surface area contributed by atoms with Crippen LogP contribution in [0.15, 0.2) is 18.2 Å². The van der Waals surface area contributed by atoms with Crippen LogP contribution in [-0.2, 0) is 13.1 Å². The third-order valence-corrected chi connectivity index (χ3v) is 1.91. The molecule has 2 heteroatoms. The minimum Gasteiger partial charge on any atom is -0.305 e. The van der Waals surface area contributed by atoms with Gasteiger partial charge >= 0.3 is 0 Å². The molecule has 0 aliphatic heterocycles. The average Bonchev–Trinajstić information content (AvgIpc) is 2.01. The van der Waals surface area contributed by atoms with E-state index in [0.717, 1.165) is 13.1 Å². The van der Waals surface area contributed by atoms with Gasteiger partial charge in [0.25, 0.3) is 0 Å². The molecule has 0 aliphatic rings. The van der Waals surface area contributed by atoms with Crippen LogP contribution in [0.1, 0.15) is 11.1 Å². The zero-order valence-corrected chi connectivity index (χ0v) is 9.54. The molecule has 0 amide bonds. The zero-order valence-electron chi connectivity index (χ0n) is 9.54. The second kappa shape index (κ2) is 5.13. The fraction of sp³-hybridized carbons (Fsp3) is 0.500. The van der Waals surface area contributed by atoms with E-state index in [1.54, 1.807) is 0 Å². The van der Waals surface area contributed by atoms with E-state index in [0.29, 0.717) is 0 Å². The first-order valence-electron chi connectivity index (χ1n) is 4.87.